The third-order valence-electron chi connectivity index (χ3n) is 2.43. The molecule has 0 heterocycles. The molecule has 2 nitrogen and oxygen atoms in total. The molecule has 1 aromatic rings. The Morgan fingerprint density at radius 1 is 1.31 bits per heavy atom. The maximum atomic E-state index is 13.6. The molecular weight excluding hydrogens is 205 g/mol. The van der Waals surface area contributed by atoms with Gasteiger partial charge in [-0.1, -0.05) is 26.0 Å². The fraction of sp³-hybridized carbons (Fsp3) is 0.538. The Labute approximate surface area is 96.6 Å². The minimum atomic E-state index is -0.335. The minimum absolute atomic E-state index is 0.218. The van der Waals surface area contributed by atoms with Gasteiger partial charge in [-0.3, -0.25) is 0 Å². The summed E-state index contributed by atoms with van der Waals surface area (Å²) < 4.78 is 19.0. The number of nitrogens with two attached hydrogens (primary N) is 1. The zero-order valence-electron chi connectivity index (χ0n) is 10.2. The number of benzene rings is 1. The van der Waals surface area contributed by atoms with E-state index in [-0.39, 0.29) is 11.9 Å². The van der Waals surface area contributed by atoms with Crippen molar-refractivity contribution in [2.75, 3.05) is 6.61 Å². The van der Waals surface area contributed by atoms with Gasteiger partial charge in [0.2, 0.25) is 0 Å². The second-order valence-electron chi connectivity index (χ2n) is 4.48. The van der Waals surface area contributed by atoms with Gasteiger partial charge in [0, 0.05) is 11.6 Å². The number of para-hydroxylation sites is 1. The average molecular weight is 225 g/mol. The van der Waals surface area contributed by atoms with Crippen molar-refractivity contribution in [2.24, 2.45) is 11.7 Å². The fourth-order valence-electron chi connectivity index (χ4n) is 1.43. The lowest BCUT2D eigenvalue weighted by molar-refractivity contribution is 0.273. The molecule has 3 heteroatoms. The summed E-state index contributed by atoms with van der Waals surface area (Å²) in [6, 6.07) is 4.64. The van der Waals surface area contributed by atoms with E-state index in [9.17, 15) is 4.39 Å². The van der Waals surface area contributed by atoms with Crippen molar-refractivity contribution >= 4 is 0 Å². The SMILES string of the molecule is CC(C)CCOc1c(F)cccc1[C@H](C)N. The highest BCUT2D eigenvalue weighted by Crippen LogP contribution is 2.27. The van der Waals surface area contributed by atoms with Crippen LogP contribution in [-0.4, -0.2) is 6.61 Å². The monoisotopic (exact) mass is 225 g/mol. The molecule has 0 aliphatic heterocycles. The Morgan fingerprint density at radius 3 is 2.56 bits per heavy atom. The van der Waals surface area contributed by atoms with Crippen molar-refractivity contribution in [1.82, 2.24) is 0 Å². The molecule has 0 aromatic heterocycles. The van der Waals surface area contributed by atoms with Gasteiger partial charge in [0.15, 0.2) is 11.6 Å². The number of hydrogen-bond donors (Lipinski definition) is 1. The highest BCUT2D eigenvalue weighted by molar-refractivity contribution is 5.36. The summed E-state index contributed by atoms with van der Waals surface area (Å²) in [6.45, 7) is 6.57. The molecule has 0 saturated carbocycles. The van der Waals surface area contributed by atoms with Crippen LogP contribution in [0.25, 0.3) is 0 Å². The first-order chi connectivity index (χ1) is 7.52. The van der Waals surface area contributed by atoms with Gasteiger partial charge < -0.3 is 10.5 Å². The predicted molar refractivity (Wildman–Crippen MR) is 64.0 cm³/mol. The molecule has 0 amide bonds. The fourth-order valence-corrected chi connectivity index (χ4v) is 1.43. The van der Waals surface area contributed by atoms with Crippen LogP contribution in [0.2, 0.25) is 0 Å². The summed E-state index contributed by atoms with van der Waals surface area (Å²) in [6.07, 6.45) is 0.909. The first-order valence-electron chi connectivity index (χ1n) is 5.69. The highest BCUT2D eigenvalue weighted by atomic mass is 19.1. The van der Waals surface area contributed by atoms with Gasteiger partial charge in [0.1, 0.15) is 0 Å². The van der Waals surface area contributed by atoms with Crippen LogP contribution in [0.15, 0.2) is 18.2 Å². The minimum Gasteiger partial charge on any atom is -0.490 e. The summed E-state index contributed by atoms with van der Waals surface area (Å²) in [5.74, 6) is 0.516. The zero-order valence-corrected chi connectivity index (χ0v) is 10.2. The summed E-state index contributed by atoms with van der Waals surface area (Å²) in [5.41, 5.74) is 6.49. The molecule has 16 heavy (non-hydrogen) atoms. The standard InChI is InChI=1S/C13H20FNO/c1-9(2)7-8-16-13-11(10(3)15)5-4-6-12(13)14/h4-6,9-10H,7-8,15H2,1-3H3/t10-/m0/s1. The maximum Gasteiger partial charge on any atom is 0.165 e. The maximum absolute atomic E-state index is 13.6. The lowest BCUT2D eigenvalue weighted by Gasteiger charge is -2.15. The summed E-state index contributed by atoms with van der Waals surface area (Å²) in [7, 11) is 0. The molecule has 1 atom stereocenters. The van der Waals surface area contributed by atoms with E-state index in [1.807, 2.05) is 6.92 Å². The first kappa shape index (κ1) is 13.0. The van der Waals surface area contributed by atoms with Crippen LogP contribution in [0, 0.1) is 11.7 Å². The molecule has 1 rings (SSSR count). The van der Waals surface area contributed by atoms with Crippen LogP contribution in [0.5, 0.6) is 5.75 Å². The Hall–Kier alpha value is -1.09. The Balaban J connectivity index is 2.76. The second kappa shape index (κ2) is 5.85. The largest absolute Gasteiger partial charge is 0.490 e. The van der Waals surface area contributed by atoms with Crippen molar-refractivity contribution < 1.29 is 9.13 Å². The second-order valence-corrected chi connectivity index (χ2v) is 4.48. The molecule has 0 fully saturated rings. The number of halogens is 1. The van der Waals surface area contributed by atoms with Crippen molar-refractivity contribution in [3.8, 4) is 5.75 Å². The van der Waals surface area contributed by atoms with E-state index in [1.165, 1.54) is 6.07 Å². The van der Waals surface area contributed by atoms with Crippen molar-refractivity contribution in [3.05, 3.63) is 29.6 Å². The lowest BCUT2D eigenvalue weighted by Crippen LogP contribution is -2.10. The van der Waals surface area contributed by atoms with E-state index in [0.717, 1.165) is 12.0 Å². The van der Waals surface area contributed by atoms with Crippen LogP contribution < -0.4 is 10.5 Å². The van der Waals surface area contributed by atoms with Gasteiger partial charge in [-0.25, -0.2) is 4.39 Å². The van der Waals surface area contributed by atoms with E-state index >= 15 is 0 Å². The van der Waals surface area contributed by atoms with Gasteiger partial charge >= 0.3 is 0 Å². The van der Waals surface area contributed by atoms with E-state index < -0.39 is 0 Å². The van der Waals surface area contributed by atoms with Crippen LogP contribution >= 0.6 is 0 Å². The van der Waals surface area contributed by atoms with Crippen LogP contribution in [-0.2, 0) is 0 Å². The molecule has 0 spiro atoms. The van der Waals surface area contributed by atoms with E-state index in [4.69, 9.17) is 10.5 Å². The highest BCUT2D eigenvalue weighted by Gasteiger charge is 2.12. The molecular formula is C13H20FNO. The van der Waals surface area contributed by atoms with Gasteiger partial charge in [-0.2, -0.15) is 0 Å². The number of ether oxygens (including phenoxy) is 1. The van der Waals surface area contributed by atoms with E-state index in [1.54, 1.807) is 12.1 Å². The smallest absolute Gasteiger partial charge is 0.165 e. The Kier molecular flexibility index (Phi) is 4.74. The molecule has 0 aliphatic carbocycles. The third kappa shape index (κ3) is 3.49. The molecule has 0 saturated heterocycles. The summed E-state index contributed by atoms with van der Waals surface area (Å²) in [4.78, 5) is 0. The summed E-state index contributed by atoms with van der Waals surface area (Å²) >= 11 is 0. The molecule has 2 N–H and O–H groups in total. The Bertz CT molecular complexity index is 337. The molecule has 0 aliphatic rings. The lowest BCUT2D eigenvalue weighted by atomic mass is 10.1. The van der Waals surface area contributed by atoms with Crippen molar-refractivity contribution in [1.29, 1.82) is 0 Å². The van der Waals surface area contributed by atoms with Crippen molar-refractivity contribution in [3.63, 3.8) is 0 Å². The van der Waals surface area contributed by atoms with Crippen LogP contribution in [0.1, 0.15) is 38.8 Å². The van der Waals surface area contributed by atoms with E-state index in [0.29, 0.717) is 18.3 Å². The van der Waals surface area contributed by atoms with Gasteiger partial charge in [0.05, 0.1) is 6.61 Å². The van der Waals surface area contributed by atoms with Crippen LogP contribution in [0.4, 0.5) is 4.39 Å². The van der Waals surface area contributed by atoms with Crippen molar-refractivity contribution in [2.45, 2.75) is 33.2 Å². The molecule has 1 aromatic carbocycles. The van der Waals surface area contributed by atoms with Gasteiger partial charge in [-0.15, -0.1) is 0 Å². The number of hydrogen-bond acceptors (Lipinski definition) is 2. The predicted octanol–water partition coefficient (Wildman–Crippen LogP) is 3.27. The first-order valence-corrected chi connectivity index (χ1v) is 5.69. The topological polar surface area (TPSA) is 35.2 Å². The quantitative estimate of drug-likeness (QED) is 0.834. The average Bonchev–Trinajstić information content (AvgIpc) is 2.19. The molecule has 0 bridgehead atoms. The molecule has 90 valence electrons. The zero-order chi connectivity index (χ0) is 12.1. The summed E-state index contributed by atoms with van der Waals surface area (Å²) in [5, 5.41) is 0. The Morgan fingerprint density at radius 2 is 2.00 bits per heavy atom. The van der Waals surface area contributed by atoms with Crippen LogP contribution in [0.3, 0.4) is 0 Å². The van der Waals surface area contributed by atoms with E-state index in [2.05, 4.69) is 13.8 Å². The molecule has 0 unspecified atom stereocenters. The normalized spacial score (nSPS) is 12.9. The van der Waals surface area contributed by atoms with Gasteiger partial charge in [-0.05, 0) is 25.3 Å². The molecule has 0 radical (unpaired) electrons. The van der Waals surface area contributed by atoms with Gasteiger partial charge in [0.25, 0.3) is 0 Å². The third-order valence-corrected chi connectivity index (χ3v) is 2.43. The number of rotatable bonds is 5.